The minimum atomic E-state index is 0.503. The van der Waals surface area contributed by atoms with Gasteiger partial charge in [-0.15, -0.1) is 0 Å². The Kier molecular flexibility index (Phi) is 4.58. The van der Waals surface area contributed by atoms with Crippen molar-refractivity contribution in [2.24, 2.45) is 11.7 Å². The third kappa shape index (κ3) is 3.15. The van der Waals surface area contributed by atoms with Crippen molar-refractivity contribution >= 4 is 11.8 Å². The van der Waals surface area contributed by atoms with Gasteiger partial charge in [0.25, 0.3) is 0 Å². The Labute approximate surface area is 115 Å². The average molecular weight is 263 g/mol. The molecule has 2 unspecified atom stereocenters. The van der Waals surface area contributed by atoms with E-state index < -0.39 is 0 Å². The van der Waals surface area contributed by atoms with Gasteiger partial charge in [0, 0.05) is 33.4 Å². The fourth-order valence-corrected chi connectivity index (χ4v) is 2.89. The van der Waals surface area contributed by atoms with E-state index in [0.29, 0.717) is 12.0 Å². The zero-order valence-corrected chi connectivity index (χ0v) is 12.2. The summed E-state index contributed by atoms with van der Waals surface area (Å²) in [6, 6.07) is 2.48. The van der Waals surface area contributed by atoms with Crippen molar-refractivity contribution < 1.29 is 0 Å². The van der Waals surface area contributed by atoms with Crippen LogP contribution in [0.1, 0.15) is 25.7 Å². The number of aromatic nitrogens is 2. The summed E-state index contributed by atoms with van der Waals surface area (Å²) in [6.45, 7) is 0.765. The van der Waals surface area contributed by atoms with E-state index in [9.17, 15) is 0 Å². The highest BCUT2D eigenvalue weighted by atomic mass is 15.3. The van der Waals surface area contributed by atoms with Gasteiger partial charge in [0.2, 0.25) is 5.95 Å². The highest BCUT2D eigenvalue weighted by molar-refractivity contribution is 5.43. The third-order valence-corrected chi connectivity index (χ3v) is 4.06. The van der Waals surface area contributed by atoms with Gasteiger partial charge in [0.1, 0.15) is 5.82 Å². The predicted molar refractivity (Wildman–Crippen MR) is 79.6 cm³/mol. The van der Waals surface area contributed by atoms with Crippen LogP contribution in [-0.2, 0) is 0 Å². The van der Waals surface area contributed by atoms with Gasteiger partial charge >= 0.3 is 0 Å². The molecule has 5 heteroatoms. The maximum absolute atomic E-state index is 5.92. The molecule has 1 fully saturated rings. The highest BCUT2D eigenvalue weighted by Crippen LogP contribution is 2.29. The maximum atomic E-state index is 5.92. The van der Waals surface area contributed by atoms with Gasteiger partial charge in [-0.25, -0.2) is 4.98 Å². The molecule has 2 rings (SSSR count). The summed E-state index contributed by atoms with van der Waals surface area (Å²) in [6.07, 6.45) is 6.86. The van der Waals surface area contributed by atoms with Crippen LogP contribution in [0.3, 0.4) is 0 Å². The average Bonchev–Trinajstić information content (AvgIpc) is 2.46. The number of anilines is 2. The first-order valence-electron chi connectivity index (χ1n) is 7.06. The Hall–Kier alpha value is -1.36. The summed E-state index contributed by atoms with van der Waals surface area (Å²) in [4.78, 5) is 13.1. The molecular weight excluding hydrogens is 238 g/mol. The molecule has 1 aromatic heterocycles. The molecule has 2 N–H and O–H groups in total. The molecule has 1 aromatic rings. The molecule has 1 aliphatic rings. The molecule has 0 spiro atoms. The van der Waals surface area contributed by atoms with Crippen molar-refractivity contribution in [3.63, 3.8) is 0 Å². The molecule has 1 heterocycles. The van der Waals surface area contributed by atoms with Crippen LogP contribution in [0.25, 0.3) is 0 Å². The Morgan fingerprint density at radius 2 is 2.00 bits per heavy atom. The van der Waals surface area contributed by atoms with E-state index in [1.54, 1.807) is 0 Å². The van der Waals surface area contributed by atoms with E-state index in [4.69, 9.17) is 5.73 Å². The minimum absolute atomic E-state index is 0.503. The maximum Gasteiger partial charge on any atom is 0.226 e. The Bertz CT molecular complexity index is 407. The van der Waals surface area contributed by atoms with Crippen molar-refractivity contribution in [1.29, 1.82) is 0 Å². The quantitative estimate of drug-likeness (QED) is 0.892. The molecule has 1 aliphatic carbocycles. The molecular formula is C14H25N5. The number of rotatable bonds is 4. The normalized spacial score (nSPS) is 23.2. The van der Waals surface area contributed by atoms with Crippen molar-refractivity contribution in [1.82, 2.24) is 9.97 Å². The van der Waals surface area contributed by atoms with E-state index in [2.05, 4.69) is 21.9 Å². The zero-order chi connectivity index (χ0) is 13.8. The van der Waals surface area contributed by atoms with E-state index in [1.165, 1.54) is 25.7 Å². The Morgan fingerprint density at radius 3 is 2.68 bits per heavy atom. The van der Waals surface area contributed by atoms with Gasteiger partial charge in [0.15, 0.2) is 0 Å². The Morgan fingerprint density at radius 1 is 1.26 bits per heavy atom. The van der Waals surface area contributed by atoms with Crippen LogP contribution in [0.5, 0.6) is 0 Å². The van der Waals surface area contributed by atoms with Crippen LogP contribution >= 0.6 is 0 Å². The van der Waals surface area contributed by atoms with Crippen LogP contribution < -0.4 is 15.5 Å². The fraction of sp³-hybridized carbons (Fsp3) is 0.714. The molecule has 0 radical (unpaired) electrons. The summed E-state index contributed by atoms with van der Waals surface area (Å²) in [5.41, 5.74) is 5.92. The minimum Gasteiger partial charge on any atom is -0.356 e. The van der Waals surface area contributed by atoms with Crippen LogP contribution in [0.15, 0.2) is 12.3 Å². The Balaban J connectivity index is 2.17. The molecule has 19 heavy (non-hydrogen) atoms. The first-order valence-corrected chi connectivity index (χ1v) is 7.06. The monoisotopic (exact) mass is 263 g/mol. The number of hydrogen-bond donors (Lipinski definition) is 1. The van der Waals surface area contributed by atoms with Gasteiger partial charge in [-0.3, -0.25) is 0 Å². The molecule has 1 saturated carbocycles. The van der Waals surface area contributed by atoms with Crippen LogP contribution in [0.4, 0.5) is 11.8 Å². The van der Waals surface area contributed by atoms with Gasteiger partial charge in [0.05, 0.1) is 0 Å². The van der Waals surface area contributed by atoms with Crippen LogP contribution in [0.2, 0.25) is 0 Å². The molecule has 0 amide bonds. The summed E-state index contributed by atoms with van der Waals surface area (Å²) in [7, 11) is 6.05. The van der Waals surface area contributed by atoms with Gasteiger partial charge < -0.3 is 15.5 Å². The lowest BCUT2D eigenvalue weighted by atomic mass is 9.84. The first kappa shape index (κ1) is 14.1. The number of nitrogens with two attached hydrogens (primary N) is 1. The molecule has 5 nitrogen and oxygen atoms in total. The SMILES string of the molecule is CN(C)c1nccc(N(C)C2CCCCC2CN)n1. The van der Waals surface area contributed by atoms with E-state index in [0.717, 1.165) is 18.3 Å². The molecule has 0 saturated heterocycles. The fourth-order valence-electron chi connectivity index (χ4n) is 2.89. The summed E-state index contributed by atoms with van der Waals surface area (Å²) in [5, 5.41) is 0. The summed E-state index contributed by atoms with van der Waals surface area (Å²) in [5.74, 6) is 2.32. The third-order valence-electron chi connectivity index (χ3n) is 4.06. The lowest BCUT2D eigenvalue weighted by Gasteiger charge is -2.38. The first-order chi connectivity index (χ1) is 9.13. The molecule has 0 aliphatic heterocycles. The van der Waals surface area contributed by atoms with E-state index in [1.807, 2.05) is 31.3 Å². The van der Waals surface area contributed by atoms with Crippen molar-refractivity contribution in [3.05, 3.63) is 12.3 Å². The van der Waals surface area contributed by atoms with Crippen molar-refractivity contribution in [2.45, 2.75) is 31.7 Å². The highest BCUT2D eigenvalue weighted by Gasteiger charge is 2.28. The summed E-state index contributed by atoms with van der Waals surface area (Å²) < 4.78 is 0. The van der Waals surface area contributed by atoms with Gasteiger partial charge in [-0.1, -0.05) is 12.8 Å². The van der Waals surface area contributed by atoms with Crippen molar-refractivity contribution in [2.75, 3.05) is 37.5 Å². The second-order valence-electron chi connectivity index (χ2n) is 5.57. The van der Waals surface area contributed by atoms with Gasteiger partial charge in [-0.05, 0) is 31.4 Å². The zero-order valence-electron chi connectivity index (χ0n) is 12.2. The predicted octanol–water partition coefficient (Wildman–Crippen LogP) is 1.50. The number of hydrogen-bond acceptors (Lipinski definition) is 5. The standard InChI is InChI=1S/C14H25N5/c1-18(2)14-16-9-8-13(17-14)19(3)12-7-5-4-6-11(12)10-15/h8-9,11-12H,4-7,10,15H2,1-3H3. The smallest absolute Gasteiger partial charge is 0.226 e. The lowest BCUT2D eigenvalue weighted by Crippen LogP contribution is -2.43. The largest absolute Gasteiger partial charge is 0.356 e. The van der Waals surface area contributed by atoms with Crippen LogP contribution in [-0.4, -0.2) is 43.7 Å². The van der Waals surface area contributed by atoms with E-state index in [-0.39, 0.29) is 0 Å². The molecule has 2 atom stereocenters. The lowest BCUT2D eigenvalue weighted by molar-refractivity contribution is 0.305. The van der Waals surface area contributed by atoms with Crippen LogP contribution in [0, 0.1) is 5.92 Å². The second-order valence-corrected chi connectivity index (χ2v) is 5.57. The van der Waals surface area contributed by atoms with Crippen molar-refractivity contribution in [3.8, 4) is 0 Å². The van der Waals surface area contributed by atoms with Gasteiger partial charge in [-0.2, -0.15) is 4.98 Å². The number of nitrogens with zero attached hydrogens (tertiary/aromatic N) is 4. The molecule has 0 aromatic carbocycles. The van der Waals surface area contributed by atoms with E-state index >= 15 is 0 Å². The second kappa shape index (κ2) is 6.19. The molecule has 106 valence electrons. The topological polar surface area (TPSA) is 58.3 Å². The molecule has 0 bridgehead atoms. The summed E-state index contributed by atoms with van der Waals surface area (Å²) >= 11 is 0.